The van der Waals surface area contributed by atoms with Gasteiger partial charge in [-0.25, -0.2) is 4.98 Å². The SMILES string of the molecule is COc1ccc(C2C(C(=O)Nc3cc(C)ccn3)=C(C)NC3=C2C(=O)CCC3)cc1OC. The largest absolute Gasteiger partial charge is 0.493 e. The number of dihydropyridines is 1. The van der Waals surface area contributed by atoms with E-state index in [2.05, 4.69) is 15.6 Å². The van der Waals surface area contributed by atoms with E-state index in [9.17, 15) is 9.59 Å². The van der Waals surface area contributed by atoms with Gasteiger partial charge < -0.3 is 20.1 Å². The molecule has 1 amide bonds. The van der Waals surface area contributed by atoms with Gasteiger partial charge in [-0.15, -0.1) is 0 Å². The van der Waals surface area contributed by atoms with Crippen LogP contribution < -0.4 is 20.1 Å². The molecule has 1 aromatic heterocycles. The number of aryl methyl sites for hydroxylation is 1. The van der Waals surface area contributed by atoms with Crippen LogP contribution >= 0.6 is 0 Å². The number of ketones is 1. The molecule has 0 radical (unpaired) electrons. The average Bonchev–Trinajstić information content (AvgIpc) is 2.77. The van der Waals surface area contributed by atoms with Crippen LogP contribution in [0.1, 0.15) is 43.2 Å². The Morgan fingerprint density at radius 3 is 2.59 bits per heavy atom. The Bertz CT molecular complexity index is 1150. The molecular weight excluding hydrogens is 406 g/mol. The molecule has 2 aliphatic rings. The topological polar surface area (TPSA) is 89.5 Å². The Balaban J connectivity index is 1.82. The fourth-order valence-corrected chi connectivity index (χ4v) is 4.44. The minimum Gasteiger partial charge on any atom is -0.493 e. The van der Waals surface area contributed by atoms with Crippen LogP contribution in [-0.2, 0) is 9.59 Å². The lowest BCUT2D eigenvalue weighted by molar-refractivity contribution is -0.116. The smallest absolute Gasteiger partial charge is 0.255 e. The van der Waals surface area contributed by atoms with Crippen molar-refractivity contribution in [2.45, 2.75) is 39.0 Å². The van der Waals surface area contributed by atoms with E-state index in [1.807, 2.05) is 38.1 Å². The third-order valence-corrected chi connectivity index (χ3v) is 5.92. The predicted octanol–water partition coefficient (Wildman–Crippen LogP) is 4.01. The van der Waals surface area contributed by atoms with Crippen molar-refractivity contribution in [3.63, 3.8) is 0 Å². The summed E-state index contributed by atoms with van der Waals surface area (Å²) in [6, 6.07) is 9.21. The summed E-state index contributed by atoms with van der Waals surface area (Å²) in [4.78, 5) is 30.8. The molecule has 0 saturated heterocycles. The number of aromatic nitrogens is 1. The fourth-order valence-electron chi connectivity index (χ4n) is 4.44. The molecule has 166 valence electrons. The molecule has 0 fully saturated rings. The fraction of sp³-hybridized carbons (Fsp3) is 0.320. The van der Waals surface area contributed by atoms with Gasteiger partial charge in [0.25, 0.3) is 5.91 Å². The van der Waals surface area contributed by atoms with Crippen molar-refractivity contribution in [1.29, 1.82) is 0 Å². The van der Waals surface area contributed by atoms with E-state index in [1.54, 1.807) is 26.5 Å². The number of allylic oxidation sites excluding steroid dienone is 3. The monoisotopic (exact) mass is 433 g/mol. The number of hydrogen-bond donors (Lipinski definition) is 2. The molecule has 0 spiro atoms. The standard InChI is InChI=1S/C25H27N3O4/c1-14-10-11-26-21(12-14)28-25(30)22-15(2)27-17-6-5-7-18(29)24(17)23(22)16-8-9-19(31-3)20(13-16)32-4/h8-13,23,27H,5-7H2,1-4H3,(H,26,28,30). The van der Waals surface area contributed by atoms with Gasteiger partial charge in [-0.3, -0.25) is 9.59 Å². The van der Waals surface area contributed by atoms with Gasteiger partial charge in [-0.05, 0) is 62.1 Å². The number of Topliss-reactive ketones (excluding diaryl/α,β-unsaturated/α-hetero) is 1. The molecule has 7 heteroatoms. The normalized spacial score (nSPS) is 18.1. The van der Waals surface area contributed by atoms with Gasteiger partial charge in [0.2, 0.25) is 0 Å². The van der Waals surface area contributed by atoms with Crippen LogP contribution in [0, 0.1) is 6.92 Å². The number of nitrogens with zero attached hydrogens (tertiary/aromatic N) is 1. The van der Waals surface area contributed by atoms with E-state index < -0.39 is 5.92 Å². The summed E-state index contributed by atoms with van der Waals surface area (Å²) >= 11 is 0. The second kappa shape index (κ2) is 8.86. The number of pyridine rings is 1. The van der Waals surface area contributed by atoms with Crippen LogP contribution in [0.5, 0.6) is 11.5 Å². The van der Waals surface area contributed by atoms with Gasteiger partial charge in [0.1, 0.15) is 5.82 Å². The van der Waals surface area contributed by atoms with Crippen LogP contribution in [0.4, 0.5) is 5.82 Å². The number of ether oxygens (including phenoxy) is 2. The number of nitrogens with one attached hydrogen (secondary N) is 2. The summed E-state index contributed by atoms with van der Waals surface area (Å²) in [6.07, 6.45) is 3.70. The number of methoxy groups -OCH3 is 2. The molecule has 2 N–H and O–H groups in total. The van der Waals surface area contributed by atoms with E-state index in [0.29, 0.717) is 34.9 Å². The van der Waals surface area contributed by atoms with Gasteiger partial charge in [0.05, 0.1) is 14.2 Å². The number of hydrogen-bond acceptors (Lipinski definition) is 6. The first-order valence-corrected chi connectivity index (χ1v) is 10.6. The van der Waals surface area contributed by atoms with Crippen molar-refractivity contribution in [2.24, 2.45) is 0 Å². The summed E-state index contributed by atoms with van der Waals surface area (Å²) < 4.78 is 10.9. The number of anilines is 1. The van der Waals surface area contributed by atoms with Crippen LogP contribution in [-0.4, -0.2) is 30.9 Å². The van der Waals surface area contributed by atoms with E-state index in [0.717, 1.165) is 35.4 Å². The highest BCUT2D eigenvalue weighted by atomic mass is 16.5. The summed E-state index contributed by atoms with van der Waals surface area (Å²) in [5.74, 6) is 0.860. The zero-order chi connectivity index (χ0) is 22.8. The molecule has 0 bridgehead atoms. The third kappa shape index (κ3) is 3.98. The van der Waals surface area contributed by atoms with Crippen molar-refractivity contribution in [2.75, 3.05) is 19.5 Å². The van der Waals surface area contributed by atoms with Crippen molar-refractivity contribution in [3.05, 3.63) is 70.2 Å². The van der Waals surface area contributed by atoms with E-state index in [1.165, 1.54) is 0 Å². The van der Waals surface area contributed by atoms with Gasteiger partial charge >= 0.3 is 0 Å². The highest BCUT2D eigenvalue weighted by Gasteiger charge is 2.38. The second-order valence-electron chi connectivity index (χ2n) is 8.05. The average molecular weight is 434 g/mol. The third-order valence-electron chi connectivity index (χ3n) is 5.92. The number of benzene rings is 1. The van der Waals surface area contributed by atoms with Gasteiger partial charge in [-0.1, -0.05) is 6.07 Å². The van der Waals surface area contributed by atoms with Crippen LogP contribution in [0.2, 0.25) is 0 Å². The molecule has 1 unspecified atom stereocenters. The maximum Gasteiger partial charge on any atom is 0.255 e. The van der Waals surface area contributed by atoms with Crippen molar-refractivity contribution >= 4 is 17.5 Å². The van der Waals surface area contributed by atoms with Crippen molar-refractivity contribution < 1.29 is 19.1 Å². The molecule has 0 saturated carbocycles. The number of amides is 1. The number of carbonyl (C=O) groups is 2. The minimum absolute atomic E-state index is 0.0602. The molecular formula is C25H27N3O4. The summed E-state index contributed by atoms with van der Waals surface area (Å²) in [7, 11) is 3.14. The van der Waals surface area contributed by atoms with Crippen molar-refractivity contribution in [1.82, 2.24) is 10.3 Å². The zero-order valence-electron chi connectivity index (χ0n) is 18.7. The highest BCUT2D eigenvalue weighted by Crippen LogP contribution is 2.44. The first kappa shape index (κ1) is 21.6. The Kier molecular flexibility index (Phi) is 5.99. The molecule has 1 atom stereocenters. The van der Waals surface area contributed by atoms with Gasteiger partial charge in [0.15, 0.2) is 17.3 Å². The maximum atomic E-state index is 13.5. The molecule has 2 aromatic rings. The molecule has 32 heavy (non-hydrogen) atoms. The van der Waals surface area contributed by atoms with E-state index >= 15 is 0 Å². The minimum atomic E-state index is -0.510. The van der Waals surface area contributed by atoms with E-state index in [-0.39, 0.29) is 11.7 Å². The molecule has 7 nitrogen and oxygen atoms in total. The lowest BCUT2D eigenvalue weighted by atomic mass is 9.75. The van der Waals surface area contributed by atoms with Crippen LogP contribution in [0.25, 0.3) is 0 Å². The van der Waals surface area contributed by atoms with Crippen molar-refractivity contribution in [3.8, 4) is 11.5 Å². The van der Waals surface area contributed by atoms with Crippen LogP contribution in [0.15, 0.2) is 59.1 Å². The number of rotatable bonds is 5. The molecule has 1 aromatic carbocycles. The predicted molar refractivity (Wildman–Crippen MR) is 122 cm³/mol. The summed E-state index contributed by atoms with van der Waals surface area (Å²) in [6.45, 7) is 3.81. The number of carbonyl (C=O) groups excluding carboxylic acids is 2. The Morgan fingerprint density at radius 2 is 1.88 bits per heavy atom. The molecule has 2 heterocycles. The zero-order valence-corrected chi connectivity index (χ0v) is 18.7. The lowest BCUT2D eigenvalue weighted by Crippen LogP contribution is -2.35. The van der Waals surface area contributed by atoms with E-state index in [4.69, 9.17) is 9.47 Å². The first-order valence-electron chi connectivity index (χ1n) is 10.6. The quantitative estimate of drug-likeness (QED) is 0.741. The van der Waals surface area contributed by atoms with Gasteiger partial charge in [-0.2, -0.15) is 0 Å². The Labute approximate surface area is 187 Å². The molecule has 4 rings (SSSR count). The second-order valence-corrected chi connectivity index (χ2v) is 8.05. The molecule has 1 aliphatic heterocycles. The van der Waals surface area contributed by atoms with Crippen LogP contribution in [0.3, 0.4) is 0 Å². The highest BCUT2D eigenvalue weighted by molar-refractivity contribution is 6.09. The van der Waals surface area contributed by atoms with Gasteiger partial charge in [0, 0.05) is 41.1 Å². The lowest BCUT2D eigenvalue weighted by Gasteiger charge is -2.34. The Hall–Kier alpha value is -3.61. The maximum absolute atomic E-state index is 13.5. The summed E-state index contributed by atoms with van der Waals surface area (Å²) in [5.41, 5.74) is 4.55. The molecule has 1 aliphatic carbocycles. The first-order chi connectivity index (χ1) is 15.4. The Morgan fingerprint density at radius 1 is 1.09 bits per heavy atom. The summed E-state index contributed by atoms with van der Waals surface area (Å²) in [5, 5.41) is 6.24.